The van der Waals surface area contributed by atoms with E-state index in [2.05, 4.69) is 10.3 Å². The molecule has 1 fully saturated rings. The maximum absolute atomic E-state index is 12.8. The first-order valence-corrected chi connectivity index (χ1v) is 10.0. The van der Waals surface area contributed by atoms with Gasteiger partial charge in [0.25, 0.3) is 0 Å². The van der Waals surface area contributed by atoms with Crippen LogP contribution in [0.5, 0.6) is 0 Å². The normalized spacial score (nSPS) is 15.2. The number of nitrogens with zero attached hydrogens (tertiary/aromatic N) is 3. The number of amides is 1. The molecule has 0 bridgehead atoms. The van der Waals surface area contributed by atoms with Crippen LogP contribution in [0.25, 0.3) is 0 Å². The number of rotatable bonds is 5. The van der Waals surface area contributed by atoms with Crippen molar-refractivity contribution in [1.29, 1.82) is 0 Å². The number of anilines is 2. The van der Waals surface area contributed by atoms with Crippen molar-refractivity contribution in [2.24, 2.45) is 5.92 Å². The highest BCUT2D eigenvalue weighted by atomic mass is 35.5. The molecule has 1 saturated heterocycles. The van der Waals surface area contributed by atoms with Crippen molar-refractivity contribution in [3.63, 3.8) is 0 Å². The van der Waals surface area contributed by atoms with E-state index >= 15 is 0 Å². The Morgan fingerprint density at radius 3 is 2.57 bits per heavy atom. The summed E-state index contributed by atoms with van der Waals surface area (Å²) in [4.78, 5) is 20.3. The Bertz CT molecular complexity index is 896. The third kappa shape index (κ3) is 5.36. The minimum absolute atomic E-state index is 0.0172. The lowest BCUT2D eigenvalue weighted by Crippen LogP contribution is -2.40. The van der Waals surface area contributed by atoms with Gasteiger partial charge in [-0.15, -0.1) is 0 Å². The molecule has 0 radical (unpaired) electrons. The minimum Gasteiger partial charge on any atom is -0.378 e. The van der Waals surface area contributed by atoms with Crippen molar-refractivity contribution in [1.82, 2.24) is 10.3 Å². The molecule has 9 heteroatoms. The van der Waals surface area contributed by atoms with Gasteiger partial charge in [-0.2, -0.15) is 13.2 Å². The Labute approximate surface area is 178 Å². The summed E-state index contributed by atoms with van der Waals surface area (Å²) in [5.74, 6) is 0.159. The van der Waals surface area contributed by atoms with Crippen LogP contribution in [0.1, 0.15) is 24.0 Å². The van der Waals surface area contributed by atoms with Crippen molar-refractivity contribution >= 4 is 29.0 Å². The second-order valence-corrected chi connectivity index (χ2v) is 7.98. The van der Waals surface area contributed by atoms with E-state index in [-0.39, 0.29) is 16.8 Å². The molecular weight excluding hydrogens is 417 g/mol. The number of alkyl halides is 3. The number of carbonyl (C=O) groups is 1. The standard InChI is InChI=1S/C21H24ClF3N4O/c1-28(2)17-5-3-4-14(10-17)12-27-20(30)15-6-8-29(9-7-15)19-18(22)11-16(13-26-19)21(23,24)25/h3-5,10-11,13,15H,6-9,12H2,1-2H3,(H,27,30). The summed E-state index contributed by atoms with van der Waals surface area (Å²) < 4.78 is 38.3. The molecule has 2 aromatic rings. The molecule has 1 N–H and O–H groups in total. The fraction of sp³-hybridized carbons (Fsp3) is 0.429. The molecule has 1 aromatic heterocycles. The van der Waals surface area contributed by atoms with Gasteiger partial charge in [-0.25, -0.2) is 4.98 Å². The Morgan fingerprint density at radius 1 is 1.27 bits per heavy atom. The number of carbonyl (C=O) groups excluding carboxylic acids is 1. The van der Waals surface area contributed by atoms with Gasteiger partial charge in [-0.05, 0) is 36.6 Å². The summed E-state index contributed by atoms with van der Waals surface area (Å²) in [6.07, 6.45) is -2.51. The molecule has 1 aliphatic heterocycles. The lowest BCUT2D eigenvalue weighted by molar-refractivity contribution is -0.137. The third-order valence-electron chi connectivity index (χ3n) is 5.21. The molecule has 5 nitrogen and oxygen atoms in total. The molecule has 0 saturated carbocycles. The smallest absolute Gasteiger partial charge is 0.378 e. The number of pyridine rings is 1. The molecule has 2 heterocycles. The highest BCUT2D eigenvalue weighted by Crippen LogP contribution is 2.34. The summed E-state index contributed by atoms with van der Waals surface area (Å²) in [6.45, 7) is 1.46. The van der Waals surface area contributed by atoms with Crippen molar-refractivity contribution < 1.29 is 18.0 Å². The zero-order valence-electron chi connectivity index (χ0n) is 16.8. The SMILES string of the molecule is CN(C)c1cccc(CNC(=O)C2CCN(c3ncc(C(F)(F)F)cc3Cl)CC2)c1. The quantitative estimate of drug-likeness (QED) is 0.750. The highest BCUT2D eigenvalue weighted by molar-refractivity contribution is 6.33. The van der Waals surface area contributed by atoms with Crippen LogP contribution in [0.2, 0.25) is 5.02 Å². The number of hydrogen-bond acceptors (Lipinski definition) is 4. The molecule has 1 aliphatic rings. The summed E-state index contributed by atoms with van der Waals surface area (Å²) in [6, 6.07) is 8.84. The van der Waals surface area contributed by atoms with Gasteiger partial charge in [0.2, 0.25) is 5.91 Å². The van der Waals surface area contributed by atoms with Crippen LogP contribution in [-0.4, -0.2) is 38.1 Å². The van der Waals surface area contributed by atoms with Crippen molar-refractivity contribution in [3.8, 4) is 0 Å². The summed E-state index contributed by atoms with van der Waals surface area (Å²) in [5, 5.41) is 2.95. The second-order valence-electron chi connectivity index (χ2n) is 7.57. The van der Waals surface area contributed by atoms with Crippen molar-refractivity contribution in [2.45, 2.75) is 25.6 Å². The van der Waals surface area contributed by atoms with Gasteiger partial charge in [0.05, 0.1) is 10.6 Å². The van der Waals surface area contributed by atoms with Crippen LogP contribution in [0.15, 0.2) is 36.5 Å². The summed E-state index contributed by atoms with van der Waals surface area (Å²) in [5.41, 5.74) is 1.22. The topological polar surface area (TPSA) is 48.5 Å². The summed E-state index contributed by atoms with van der Waals surface area (Å²) >= 11 is 6.03. The van der Waals surface area contributed by atoms with E-state index in [1.807, 2.05) is 48.2 Å². The predicted octanol–water partition coefficient (Wildman–Crippen LogP) is 4.35. The molecule has 0 atom stereocenters. The maximum atomic E-state index is 12.8. The number of nitrogens with one attached hydrogen (secondary N) is 1. The lowest BCUT2D eigenvalue weighted by atomic mass is 9.95. The number of benzene rings is 1. The van der Waals surface area contributed by atoms with Gasteiger partial charge in [-0.3, -0.25) is 4.79 Å². The van der Waals surface area contributed by atoms with Gasteiger partial charge in [0.15, 0.2) is 0 Å². The van der Waals surface area contributed by atoms with Crippen LogP contribution >= 0.6 is 11.6 Å². The molecule has 0 spiro atoms. The minimum atomic E-state index is -4.48. The van der Waals surface area contributed by atoms with Gasteiger partial charge >= 0.3 is 6.18 Å². The van der Waals surface area contributed by atoms with Gasteiger partial charge in [0, 0.05) is 51.5 Å². The van der Waals surface area contributed by atoms with E-state index in [1.165, 1.54) is 0 Å². The first kappa shape index (κ1) is 22.2. The van der Waals surface area contributed by atoms with Crippen LogP contribution in [0.3, 0.4) is 0 Å². The zero-order chi connectivity index (χ0) is 21.9. The van der Waals surface area contributed by atoms with E-state index in [4.69, 9.17) is 11.6 Å². The highest BCUT2D eigenvalue weighted by Gasteiger charge is 2.33. The van der Waals surface area contributed by atoms with Crippen LogP contribution < -0.4 is 15.1 Å². The van der Waals surface area contributed by atoms with Crippen molar-refractivity contribution in [3.05, 3.63) is 52.7 Å². The first-order valence-electron chi connectivity index (χ1n) is 9.67. The summed E-state index contributed by atoms with van der Waals surface area (Å²) in [7, 11) is 3.92. The first-order chi connectivity index (χ1) is 14.1. The van der Waals surface area contributed by atoms with Crippen LogP contribution in [-0.2, 0) is 17.5 Å². The second kappa shape index (κ2) is 9.12. The van der Waals surface area contributed by atoms with E-state index in [1.54, 1.807) is 0 Å². The Morgan fingerprint density at radius 2 is 1.97 bits per heavy atom. The van der Waals surface area contributed by atoms with E-state index in [9.17, 15) is 18.0 Å². The third-order valence-corrected chi connectivity index (χ3v) is 5.49. The van der Waals surface area contributed by atoms with Crippen molar-refractivity contribution in [2.75, 3.05) is 37.0 Å². The van der Waals surface area contributed by atoms with E-state index in [0.29, 0.717) is 38.3 Å². The van der Waals surface area contributed by atoms with Crippen LogP contribution in [0, 0.1) is 5.92 Å². The lowest BCUT2D eigenvalue weighted by Gasteiger charge is -2.32. The maximum Gasteiger partial charge on any atom is 0.417 e. The molecule has 0 unspecified atom stereocenters. The van der Waals surface area contributed by atoms with Gasteiger partial charge < -0.3 is 15.1 Å². The number of aromatic nitrogens is 1. The molecule has 1 amide bonds. The number of piperidine rings is 1. The number of halogens is 4. The number of hydrogen-bond donors (Lipinski definition) is 1. The molecule has 162 valence electrons. The predicted molar refractivity (Wildman–Crippen MR) is 112 cm³/mol. The molecule has 0 aliphatic carbocycles. The average Bonchev–Trinajstić information content (AvgIpc) is 2.71. The monoisotopic (exact) mass is 440 g/mol. The average molecular weight is 441 g/mol. The molecule has 1 aromatic carbocycles. The Kier molecular flexibility index (Phi) is 6.75. The molecule has 3 rings (SSSR count). The Hall–Kier alpha value is -2.48. The van der Waals surface area contributed by atoms with E-state index < -0.39 is 11.7 Å². The fourth-order valence-electron chi connectivity index (χ4n) is 3.45. The molecular formula is C21H24ClF3N4O. The van der Waals surface area contributed by atoms with Gasteiger partial charge in [0.1, 0.15) is 5.82 Å². The van der Waals surface area contributed by atoms with E-state index in [0.717, 1.165) is 23.5 Å². The van der Waals surface area contributed by atoms with Crippen LogP contribution in [0.4, 0.5) is 24.7 Å². The fourth-order valence-corrected chi connectivity index (χ4v) is 3.74. The van der Waals surface area contributed by atoms with Gasteiger partial charge in [-0.1, -0.05) is 23.7 Å². The molecule has 30 heavy (non-hydrogen) atoms. The zero-order valence-corrected chi connectivity index (χ0v) is 17.6. The Balaban J connectivity index is 1.54. The largest absolute Gasteiger partial charge is 0.417 e.